The summed E-state index contributed by atoms with van der Waals surface area (Å²) in [7, 11) is 0. The molecule has 0 saturated heterocycles. The Hall–Kier alpha value is -3.35. The molecule has 1 aliphatic heterocycles. The number of carbonyl (C=O) groups excluding carboxylic acids is 1. The summed E-state index contributed by atoms with van der Waals surface area (Å²) in [5, 5.41) is 24.9. The molecule has 9 nitrogen and oxygen atoms in total. The van der Waals surface area contributed by atoms with Gasteiger partial charge in [0, 0.05) is 11.8 Å². The van der Waals surface area contributed by atoms with Gasteiger partial charge in [0.2, 0.25) is 5.91 Å². The van der Waals surface area contributed by atoms with E-state index in [-0.39, 0.29) is 16.5 Å². The van der Waals surface area contributed by atoms with Crippen LogP contribution in [0.3, 0.4) is 0 Å². The Labute approximate surface area is 160 Å². The van der Waals surface area contributed by atoms with Crippen molar-refractivity contribution < 1.29 is 42.5 Å². The van der Waals surface area contributed by atoms with Gasteiger partial charge in [-0.3, -0.25) is 4.79 Å². The van der Waals surface area contributed by atoms with Crippen LogP contribution in [-0.4, -0.2) is 51.5 Å². The molecule has 1 aromatic carbocycles. The number of hydrogen-bond acceptors (Lipinski definition) is 5. The van der Waals surface area contributed by atoms with Gasteiger partial charge >= 0.3 is 18.1 Å². The second-order valence-electron chi connectivity index (χ2n) is 5.41. The lowest BCUT2D eigenvalue weighted by molar-refractivity contribution is -0.157. The van der Waals surface area contributed by atoms with Crippen LogP contribution in [0, 0.1) is 0 Å². The van der Waals surface area contributed by atoms with Crippen molar-refractivity contribution >= 4 is 40.9 Å². The Bertz CT molecular complexity index is 840. The normalized spacial score (nSPS) is 15.2. The van der Waals surface area contributed by atoms with Crippen molar-refractivity contribution in [2.75, 3.05) is 11.9 Å². The van der Waals surface area contributed by atoms with Gasteiger partial charge in [-0.25, -0.2) is 9.59 Å². The monoisotopic (exact) mass is 419 g/mol. The number of alkyl halides is 3. The molecule has 0 aromatic heterocycles. The second-order valence-corrected chi connectivity index (χ2v) is 5.82. The summed E-state index contributed by atoms with van der Waals surface area (Å²) >= 11 is 4.95. The minimum absolute atomic E-state index is 0.0502. The number of ether oxygens (including phenoxy) is 1. The summed E-state index contributed by atoms with van der Waals surface area (Å²) in [5.41, 5.74) is -2.95. The number of rotatable bonds is 6. The molecule has 1 heterocycles. The molecule has 0 unspecified atom stereocenters. The van der Waals surface area contributed by atoms with Crippen LogP contribution in [0.5, 0.6) is 5.75 Å². The Balaban J connectivity index is 2.05. The third-order valence-electron chi connectivity index (χ3n) is 3.39. The summed E-state index contributed by atoms with van der Waals surface area (Å²) in [6.07, 6.45) is -3.74. The summed E-state index contributed by atoms with van der Waals surface area (Å²) in [6.45, 7) is -1.46. The van der Waals surface area contributed by atoms with E-state index in [1.807, 2.05) is 5.32 Å². The molecule has 150 valence electrons. The van der Waals surface area contributed by atoms with E-state index < -0.39 is 41.9 Å². The van der Waals surface area contributed by atoms with E-state index in [2.05, 4.69) is 15.4 Å². The summed E-state index contributed by atoms with van der Waals surface area (Å²) < 4.78 is 40.9. The number of aliphatic carboxylic acids is 2. The van der Waals surface area contributed by atoms with Gasteiger partial charge in [0.25, 0.3) is 5.54 Å². The standard InChI is InChI=1S/C15H12F3N3O6S/c16-14(17,18)6-27-8-3-1-7(2-4-8)19-13(28)20-9-5-10(22)21-15(9,11(23)24)12(25)26/h1-5H,6H2,(H,21,22)(H,23,24)(H,25,26)(H2,19,20,28). The highest BCUT2D eigenvalue weighted by molar-refractivity contribution is 7.80. The van der Waals surface area contributed by atoms with E-state index in [1.54, 1.807) is 0 Å². The number of carbonyl (C=O) groups is 3. The number of anilines is 1. The molecular formula is C15H12F3N3O6S. The van der Waals surface area contributed by atoms with Crippen LogP contribution in [0.4, 0.5) is 18.9 Å². The number of benzene rings is 1. The molecule has 1 aliphatic rings. The molecule has 1 aromatic rings. The van der Waals surface area contributed by atoms with Crippen molar-refractivity contribution in [2.24, 2.45) is 0 Å². The first-order valence-corrected chi connectivity index (χ1v) is 7.73. The van der Waals surface area contributed by atoms with E-state index in [9.17, 15) is 37.8 Å². The zero-order valence-corrected chi connectivity index (χ0v) is 14.5. The average Bonchev–Trinajstić information content (AvgIpc) is 2.90. The molecule has 5 N–H and O–H groups in total. The van der Waals surface area contributed by atoms with E-state index in [1.165, 1.54) is 24.3 Å². The zero-order valence-electron chi connectivity index (χ0n) is 13.7. The Morgan fingerprint density at radius 3 is 2.21 bits per heavy atom. The largest absolute Gasteiger partial charge is 0.484 e. The predicted octanol–water partition coefficient (Wildman–Crippen LogP) is 0.836. The number of thiocarbonyl (C=S) groups is 1. The van der Waals surface area contributed by atoms with Crippen molar-refractivity contribution in [3.63, 3.8) is 0 Å². The highest BCUT2D eigenvalue weighted by atomic mass is 32.1. The van der Waals surface area contributed by atoms with Gasteiger partial charge in [0.1, 0.15) is 5.75 Å². The van der Waals surface area contributed by atoms with Gasteiger partial charge in [-0.05, 0) is 36.5 Å². The average molecular weight is 419 g/mol. The van der Waals surface area contributed by atoms with Crippen LogP contribution in [0.2, 0.25) is 0 Å². The number of carboxylic acids is 2. The summed E-state index contributed by atoms with van der Waals surface area (Å²) in [4.78, 5) is 34.3. The van der Waals surface area contributed by atoms with Crippen LogP contribution in [0.25, 0.3) is 0 Å². The van der Waals surface area contributed by atoms with Gasteiger partial charge < -0.3 is 30.9 Å². The molecule has 0 radical (unpaired) electrons. The molecule has 0 fully saturated rings. The van der Waals surface area contributed by atoms with Gasteiger partial charge in [-0.2, -0.15) is 13.2 Å². The van der Waals surface area contributed by atoms with E-state index >= 15 is 0 Å². The first kappa shape index (κ1) is 21.0. The smallest absolute Gasteiger partial charge is 0.422 e. The van der Waals surface area contributed by atoms with Crippen molar-refractivity contribution in [3.8, 4) is 5.75 Å². The van der Waals surface area contributed by atoms with Gasteiger partial charge in [-0.1, -0.05) is 0 Å². The molecule has 2 rings (SSSR count). The zero-order chi connectivity index (χ0) is 21.1. The van der Waals surface area contributed by atoms with Gasteiger partial charge in [0.15, 0.2) is 11.7 Å². The highest BCUT2D eigenvalue weighted by Crippen LogP contribution is 2.23. The van der Waals surface area contributed by atoms with Crippen LogP contribution in [0.15, 0.2) is 36.0 Å². The third-order valence-corrected chi connectivity index (χ3v) is 3.60. The maximum atomic E-state index is 12.1. The molecule has 1 amide bonds. The van der Waals surface area contributed by atoms with Crippen molar-refractivity contribution in [2.45, 2.75) is 11.7 Å². The van der Waals surface area contributed by atoms with Crippen LogP contribution >= 0.6 is 12.2 Å². The lowest BCUT2D eigenvalue weighted by atomic mass is 9.98. The molecular weight excluding hydrogens is 407 g/mol. The summed E-state index contributed by atoms with van der Waals surface area (Å²) in [6, 6.07) is 5.12. The minimum atomic E-state index is -4.48. The van der Waals surface area contributed by atoms with Crippen molar-refractivity contribution in [3.05, 3.63) is 36.0 Å². The molecule has 0 atom stereocenters. The van der Waals surface area contributed by atoms with Crippen LogP contribution in [-0.2, 0) is 14.4 Å². The maximum absolute atomic E-state index is 12.1. The topological polar surface area (TPSA) is 137 Å². The van der Waals surface area contributed by atoms with Crippen molar-refractivity contribution in [1.29, 1.82) is 0 Å². The second kappa shape index (κ2) is 7.72. The molecule has 13 heteroatoms. The Kier molecular flexibility index (Phi) is 5.78. The van der Waals surface area contributed by atoms with E-state index in [0.717, 1.165) is 6.08 Å². The molecule has 0 spiro atoms. The summed E-state index contributed by atoms with van der Waals surface area (Å²) in [5.74, 6) is -4.66. The van der Waals surface area contributed by atoms with Crippen LogP contribution < -0.4 is 20.7 Å². The Morgan fingerprint density at radius 2 is 1.71 bits per heavy atom. The fourth-order valence-corrected chi connectivity index (χ4v) is 2.40. The minimum Gasteiger partial charge on any atom is -0.484 e. The number of amides is 1. The SMILES string of the molecule is O=C1C=C(NC(=S)Nc2ccc(OCC(F)(F)F)cc2)C(C(=O)O)(C(=O)O)N1. The van der Waals surface area contributed by atoms with E-state index in [4.69, 9.17) is 12.2 Å². The van der Waals surface area contributed by atoms with Crippen molar-refractivity contribution in [1.82, 2.24) is 10.6 Å². The van der Waals surface area contributed by atoms with Gasteiger partial charge in [0.05, 0.1) is 5.70 Å². The molecule has 28 heavy (non-hydrogen) atoms. The third kappa shape index (κ3) is 4.68. The molecule has 0 saturated carbocycles. The fraction of sp³-hybridized carbons (Fsp3) is 0.200. The fourth-order valence-electron chi connectivity index (χ4n) is 2.17. The first-order chi connectivity index (χ1) is 12.9. The van der Waals surface area contributed by atoms with Crippen LogP contribution in [0.1, 0.15) is 0 Å². The maximum Gasteiger partial charge on any atom is 0.422 e. The quantitative estimate of drug-likeness (QED) is 0.335. The highest BCUT2D eigenvalue weighted by Gasteiger charge is 2.55. The van der Waals surface area contributed by atoms with Gasteiger partial charge in [-0.15, -0.1) is 0 Å². The number of hydrogen-bond donors (Lipinski definition) is 5. The molecule has 0 bridgehead atoms. The lowest BCUT2D eigenvalue weighted by Crippen LogP contribution is -2.60. The molecule has 0 aliphatic carbocycles. The number of carboxylic acid groups (broad SMARTS) is 2. The first-order valence-electron chi connectivity index (χ1n) is 7.33. The van der Waals surface area contributed by atoms with E-state index in [0.29, 0.717) is 0 Å². The Morgan fingerprint density at radius 1 is 1.14 bits per heavy atom. The lowest BCUT2D eigenvalue weighted by Gasteiger charge is -2.24. The predicted molar refractivity (Wildman–Crippen MR) is 91.6 cm³/mol. The number of halogens is 3. The number of nitrogens with one attached hydrogen (secondary N) is 3.